The SMILES string of the molecule is Nc1cnc2ccccc2c1NCCOCC(F)F. The van der Waals surface area contributed by atoms with E-state index >= 15 is 0 Å². The number of nitrogen functional groups attached to an aromatic ring is 1. The van der Waals surface area contributed by atoms with E-state index in [1.807, 2.05) is 24.3 Å². The molecule has 0 unspecified atom stereocenters. The first-order valence-electron chi connectivity index (χ1n) is 5.91. The van der Waals surface area contributed by atoms with Crippen molar-refractivity contribution >= 4 is 22.3 Å². The first-order chi connectivity index (χ1) is 9.18. The molecule has 0 aliphatic heterocycles. The lowest BCUT2D eigenvalue weighted by Crippen LogP contribution is -2.14. The molecule has 0 radical (unpaired) electrons. The maximum Gasteiger partial charge on any atom is 0.261 e. The highest BCUT2D eigenvalue weighted by molar-refractivity contribution is 5.96. The number of benzene rings is 1. The third-order valence-electron chi connectivity index (χ3n) is 2.60. The van der Waals surface area contributed by atoms with Gasteiger partial charge in [0.25, 0.3) is 6.43 Å². The zero-order chi connectivity index (χ0) is 13.7. The molecule has 0 aliphatic rings. The molecule has 102 valence electrons. The molecule has 0 aliphatic carbocycles. The highest BCUT2D eigenvalue weighted by atomic mass is 19.3. The molecule has 0 saturated heterocycles. The van der Waals surface area contributed by atoms with Gasteiger partial charge in [-0.2, -0.15) is 0 Å². The maximum absolute atomic E-state index is 11.9. The lowest BCUT2D eigenvalue weighted by atomic mass is 10.1. The Kier molecular flexibility index (Phi) is 4.46. The fourth-order valence-corrected chi connectivity index (χ4v) is 1.77. The Morgan fingerprint density at radius 1 is 1.32 bits per heavy atom. The molecular formula is C13H15F2N3O. The molecule has 0 spiro atoms. The Bertz CT molecular complexity index is 548. The van der Waals surface area contributed by atoms with Crippen LogP contribution in [0.2, 0.25) is 0 Å². The summed E-state index contributed by atoms with van der Waals surface area (Å²) >= 11 is 0. The van der Waals surface area contributed by atoms with Crippen LogP contribution in [0.5, 0.6) is 0 Å². The largest absolute Gasteiger partial charge is 0.396 e. The van der Waals surface area contributed by atoms with E-state index in [1.54, 1.807) is 6.20 Å². The van der Waals surface area contributed by atoms with Crippen LogP contribution in [0.15, 0.2) is 30.5 Å². The predicted octanol–water partition coefficient (Wildman–Crippen LogP) is 2.51. The number of nitrogens with one attached hydrogen (secondary N) is 1. The molecule has 2 aromatic rings. The zero-order valence-electron chi connectivity index (χ0n) is 10.3. The average Bonchev–Trinajstić information content (AvgIpc) is 2.40. The minimum Gasteiger partial charge on any atom is -0.396 e. The molecule has 0 bridgehead atoms. The summed E-state index contributed by atoms with van der Waals surface area (Å²) in [6.07, 6.45) is -0.864. The number of para-hydroxylation sites is 1. The quantitative estimate of drug-likeness (QED) is 0.789. The fourth-order valence-electron chi connectivity index (χ4n) is 1.77. The summed E-state index contributed by atoms with van der Waals surface area (Å²) < 4.78 is 28.6. The van der Waals surface area contributed by atoms with Gasteiger partial charge in [0.05, 0.1) is 29.7 Å². The minimum absolute atomic E-state index is 0.195. The van der Waals surface area contributed by atoms with Crippen LogP contribution in [-0.2, 0) is 4.74 Å². The highest BCUT2D eigenvalue weighted by Crippen LogP contribution is 2.27. The van der Waals surface area contributed by atoms with Crippen LogP contribution in [0.25, 0.3) is 10.9 Å². The van der Waals surface area contributed by atoms with Crippen molar-refractivity contribution in [3.05, 3.63) is 30.5 Å². The summed E-state index contributed by atoms with van der Waals surface area (Å²) in [5, 5.41) is 3.99. The molecule has 0 atom stereocenters. The van der Waals surface area contributed by atoms with Gasteiger partial charge in [-0.3, -0.25) is 4.98 Å². The topological polar surface area (TPSA) is 60.2 Å². The predicted molar refractivity (Wildman–Crippen MR) is 71.5 cm³/mol. The maximum atomic E-state index is 11.9. The van der Waals surface area contributed by atoms with Crippen molar-refractivity contribution < 1.29 is 13.5 Å². The third-order valence-corrected chi connectivity index (χ3v) is 2.60. The number of halogens is 2. The summed E-state index contributed by atoms with van der Waals surface area (Å²) in [4.78, 5) is 4.21. The van der Waals surface area contributed by atoms with Crippen LogP contribution >= 0.6 is 0 Å². The van der Waals surface area contributed by atoms with E-state index < -0.39 is 13.0 Å². The lowest BCUT2D eigenvalue weighted by Gasteiger charge is -2.12. The van der Waals surface area contributed by atoms with Crippen molar-refractivity contribution in [2.75, 3.05) is 30.8 Å². The third kappa shape index (κ3) is 3.51. The second-order valence-corrected chi connectivity index (χ2v) is 4.00. The molecule has 1 aromatic heterocycles. The van der Waals surface area contributed by atoms with E-state index in [1.165, 1.54) is 0 Å². The number of nitrogens with zero attached hydrogens (tertiary/aromatic N) is 1. The van der Waals surface area contributed by atoms with Crippen LogP contribution in [-0.4, -0.2) is 31.2 Å². The number of anilines is 2. The molecule has 1 aromatic carbocycles. The van der Waals surface area contributed by atoms with Gasteiger partial charge in [0.1, 0.15) is 6.61 Å². The van der Waals surface area contributed by atoms with Gasteiger partial charge in [-0.15, -0.1) is 0 Å². The Hall–Kier alpha value is -1.95. The van der Waals surface area contributed by atoms with Crippen molar-refractivity contribution in [3.8, 4) is 0 Å². The summed E-state index contributed by atoms with van der Waals surface area (Å²) in [6, 6.07) is 7.57. The molecule has 3 N–H and O–H groups in total. The first-order valence-corrected chi connectivity index (χ1v) is 5.91. The van der Waals surface area contributed by atoms with Crippen LogP contribution < -0.4 is 11.1 Å². The van der Waals surface area contributed by atoms with Gasteiger partial charge >= 0.3 is 0 Å². The van der Waals surface area contributed by atoms with Crippen molar-refractivity contribution in [3.63, 3.8) is 0 Å². The standard InChI is InChI=1S/C13H15F2N3O/c14-12(15)8-19-6-5-17-13-9-3-1-2-4-11(9)18-7-10(13)16/h1-4,7,12H,5-6,8,16H2,(H,17,18). The number of alkyl halides is 2. The summed E-state index contributed by atoms with van der Waals surface area (Å²) in [7, 11) is 0. The molecule has 6 heteroatoms. The number of hydrogen-bond donors (Lipinski definition) is 2. The van der Waals surface area contributed by atoms with Crippen molar-refractivity contribution in [1.29, 1.82) is 0 Å². The molecule has 0 fully saturated rings. The number of nitrogens with two attached hydrogens (primary N) is 1. The fraction of sp³-hybridized carbons (Fsp3) is 0.308. The van der Waals surface area contributed by atoms with Gasteiger partial charge in [0.15, 0.2) is 0 Å². The second kappa shape index (κ2) is 6.29. The number of pyridine rings is 1. The van der Waals surface area contributed by atoms with Gasteiger partial charge < -0.3 is 15.8 Å². The van der Waals surface area contributed by atoms with Crippen molar-refractivity contribution in [1.82, 2.24) is 4.98 Å². The van der Waals surface area contributed by atoms with Gasteiger partial charge in [0.2, 0.25) is 0 Å². The van der Waals surface area contributed by atoms with Crippen LogP contribution in [0, 0.1) is 0 Å². The second-order valence-electron chi connectivity index (χ2n) is 4.00. The monoisotopic (exact) mass is 267 g/mol. The number of ether oxygens (including phenoxy) is 1. The molecular weight excluding hydrogens is 252 g/mol. The van der Waals surface area contributed by atoms with Gasteiger partial charge in [0, 0.05) is 11.9 Å². The van der Waals surface area contributed by atoms with Gasteiger partial charge in [-0.05, 0) is 6.07 Å². The number of hydrogen-bond acceptors (Lipinski definition) is 4. The van der Waals surface area contributed by atoms with Gasteiger partial charge in [-0.25, -0.2) is 8.78 Å². The summed E-state index contributed by atoms with van der Waals surface area (Å²) in [6.45, 7) is 0.0552. The number of aromatic nitrogens is 1. The lowest BCUT2D eigenvalue weighted by molar-refractivity contribution is 0.0215. The van der Waals surface area contributed by atoms with Crippen LogP contribution in [0.4, 0.5) is 20.2 Å². The Labute approximate surface area is 109 Å². The Balaban J connectivity index is 2.01. The van der Waals surface area contributed by atoms with E-state index in [2.05, 4.69) is 10.3 Å². The molecule has 0 saturated carbocycles. The van der Waals surface area contributed by atoms with Crippen LogP contribution in [0.1, 0.15) is 0 Å². The van der Waals surface area contributed by atoms with E-state index in [0.29, 0.717) is 12.2 Å². The van der Waals surface area contributed by atoms with E-state index in [9.17, 15) is 8.78 Å². The smallest absolute Gasteiger partial charge is 0.261 e. The zero-order valence-corrected chi connectivity index (χ0v) is 10.3. The highest BCUT2D eigenvalue weighted by Gasteiger charge is 2.06. The van der Waals surface area contributed by atoms with E-state index in [0.717, 1.165) is 16.6 Å². The Morgan fingerprint density at radius 2 is 2.11 bits per heavy atom. The van der Waals surface area contributed by atoms with Crippen molar-refractivity contribution in [2.45, 2.75) is 6.43 Å². The first kappa shape index (κ1) is 13.5. The average molecular weight is 267 g/mol. The van der Waals surface area contributed by atoms with Crippen molar-refractivity contribution in [2.24, 2.45) is 0 Å². The molecule has 0 amide bonds. The minimum atomic E-state index is -2.44. The normalized spacial score (nSPS) is 11.1. The number of rotatable bonds is 6. The van der Waals surface area contributed by atoms with Gasteiger partial charge in [-0.1, -0.05) is 18.2 Å². The Morgan fingerprint density at radius 3 is 2.89 bits per heavy atom. The van der Waals surface area contributed by atoms with E-state index in [4.69, 9.17) is 10.5 Å². The molecule has 19 heavy (non-hydrogen) atoms. The van der Waals surface area contributed by atoms with E-state index in [-0.39, 0.29) is 6.61 Å². The molecule has 1 heterocycles. The van der Waals surface area contributed by atoms with Crippen LogP contribution in [0.3, 0.4) is 0 Å². The summed E-state index contributed by atoms with van der Waals surface area (Å²) in [5.41, 5.74) is 7.97. The molecule has 4 nitrogen and oxygen atoms in total. The summed E-state index contributed by atoms with van der Waals surface area (Å²) in [5.74, 6) is 0. The number of fused-ring (bicyclic) bond motifs is 1. The molecule has 2 rings (SSSR count).